The van der Waals surface area contributed by atoms with Gasteiger partial charge in [0.15, 0.2) is 0 Å². The van der Waals surface area contributed by atoms with Crippen molar-refractivity contribution in [2.45, 2.75) is 20.8 Å². The van der Waals surface area contributed by atoms with Gasteiger partial charge in [0, 0.05) is 6.20 Å². The lowest BCUT2D eigenvalue weighted by molar-refractivity contribution is 0.145. The van der Waals surface area contributed by atoms with Gasteiger partial charge in [-0.15, -0.1) is 0 Å². The zero-order valence-corrected chi connectivity index (χ0v) is 12.9. The molecule has 5 nitrogen and oxygen atoms in total. The summed E-state index contributed by atoms with van der Waals surface area (Å²) in [6.45, 7) is 6.60. The van der Waals surface area contributed by atoms with Crippen molar-refractivity contribution in [1.82, 2.24) is 15.0 Å². The highest BCUT2D eigenvalue weighted by atomic mass is 16.7. The largest absolute Gasteiger partial charge is 0.266 e. The average Bonchev–Trinajstić information content (AvgIpc) is 2.53. The molecule has 0 fully saturated rings. The number of pyridine rings is 1. The van der Waals surface area contributed by atoms with E-state index in [-0.39, 0.29) is 0 Å². The molecule has 3 aromatic rings. The Bertz CT molecular complexity index is 804. The SMILES string of the molecule is CCON(c1ncc2ncccc2n1)c1ccc(C)cc1C. The lowest BCUT2D eigenvalue weighted by atomic mass is 10.1. The highest BCUT2D eigenvalue weighted by Gasteiger charge is 2.16. The van der Waals surface area contributed by atoms with Crippen molar-refractivity contribution >= 4 is 22.7 Å². The Kier molecular flexibility index (Phi) is 3.98. The van der Waals surface area contributed by atoms with Crippen molar-refractivity contribution < 1.29 is 4.84 Å². The van der Waals surface area contributed by atoms with Crippen molar-refractivity contribution in [3.8, 4) is 0 Å². The van der Waals surface area contributed by atoms with Gasteiger partial charge in [-0.05, 0) is 44.5 Å². The van der Waals surface area contributed by atoms with Gasteiger partial charge in [0.2, 0.25) is 0 Å². The second-order valence-electron chi connectivity index (χ2n) is 5.08. The molecule has 3 rings (SSSR count). The Morgan fingerprint density at radius 2 is 1.95 bits per heavy atom. The van der Waals surface area contributed by atoms with Crippen LogP contribution in [0.15, 0.2) is 42.7 Å². The molecule has 2 aromatic heterocycles. The maximum absolute atomic E-state index is 5.77. The van der Waals surface area contributed by atoms with Gasteiger partial charge in [0.05, 0.1) is 24.0 Å². The molecule has 0 spiro atoms. The van der Waals surface area contributed by atoms with E-state index in [1.165, 1.54) is 5.56 Å². The third-order valence-corrected chi connectivity index (χ3v) is 3.35. The molecule has 0 atom stereocenters. The van der Waals surface area contributed by atoms with E-state index in [0.29, 0.717) is 12.6 Å². The number of hydrogen-bond acceptors (Lipinski definition) is 5. The molecule has 0 aliphatic rings. The highest BCUT2D eigenvalue weighted by Crippen LogP contribution is 2.27. The molecule has 1 aromatic carbocycles. The number of aromatic nitrogens is 3. The van der Waals surface area contributed by atoms with E-state index in [0.717, 1.165) is 22.3 Å². The van der Waals surface area contributed by atoms with Gasteiger partial charge >= 0.3 is 0 Å². The topological polar surface area (TPSA) is 51.1 Å². The summed E-state index contributed by atoms with van der Waals surface area (Å²) in [6.07, 6.45) is 3.45. The number of aryl methyl sites for hydroxylation is 2. The van der Waals surface area contributed by atoms with Crippen molar-refractivity contribution in [3.63, 3.8) is 0 Å². The van der Waals surface area contributed by atoms with Crippen LogP contribution in [0.1, 0.15) is 18.1 Å². The first-order valence-electron chi connectivity index (χ1n) is 7.27. The second-order valence-corrected chi connectivity index (χ2v) is 5.08. The Morgan fingerprint density at radius 3 is 2.73 bits per heavy atom. The normalized spacial score (nSPS) is 10.9. The van der Waals surface area contributed by atoms with Gasteiger partial charge in [-0.2, -0.15) is 5.06 Å². The molecular weight excluding hydrogens is 276 g/mol. The number of hydrogen-bond donors (Lipinski definition) is 0. The van der Waals surface area contributed by atoms with E-state index < -0.39 is 0 Å². The summed E-state index contributed by atoms with van der Waals surface area (Å²) >= 11 is 0. The monoisotopic (exact) mass is 294 g/mol. The van der Waals surface area contributed by atoms with Crippen LogP contribution >= 0.6 is 0 Å². The molecule has 0 amide bonds. The minimum atomic E-state index is 0.509. The fraction of sp³-hybridized carbons (Fsp3) is 0.235. The Labute approximate surface area is 129 Å². The molecule has 5 heteroatoms. The van der Waals surface area contributed by atoms with Gasteiger partial charge in [-0.1, -0.05) is 17.7 Å². The maximum atomic E-state index is 5.77. The van der Waals surface area contributed by atoms with E-state index in [1.54, 1.807) is 17.5 Å². The van der Waals surface area contributed by atoms with Gasteiger partial charge < -0.3 is 0 Å². The summed E-state index contributed by atoms with van der Waals surface area (Å²) < 4.78 is 0. The van der Waals surface area contributed by atoms with Crippen molar-refractivity contribution in [2.24, 2.45) is 0 Å². The highest BCUT2D eigenvalue weighted by molar-refractivity contribution is 5.74. The molecule has 0 saturated carbocycles. The van der Waals surface area contributed by atoms with Gasteiger partial charge in [0.25, 0.3) is 5.95 Å². The molecule has 22 heavy (non-hydrogen) atoms. The number of nitrogens with zero attached hydrogens (tertiary/aromatic N) is 4. The number of benzene rings is 1. The average molecular weight is 294 g/mol. The summed E-state index contributed by atoms with van der Waals surface area (Å²) in [7, 11) is 0. The Morgan fingerprint density at radius 1 is 1.09 bits per heavy atom. The first kappa shape index (κ1) is 14.4. The molecule has 2 heterocycles. The summed E-state index contributed by atoms with van der Waals surface area (Å²) in [5, 5.41) is 1.68. The Balaban J connectivity index is 2.08. The number of anilines is 2. The molecule has 0 saturated heterocycles. The van der Waals surface area contributed by atoms with Crippen molar-refractivity contribution in [3.05, 3.63) is 53.9 Å². The van der Waals surface area contributed by atoms with Crippen LogP contribution in [0.2, 0.25) is 0 Å². The molecular formula is C17H18N4O. The van der Waals surface area contributed by atoms with Crippen LogP contribution in [0.3, 0.4) is 0 Å². The van der Waals surface area contributed by atoms with Crippen LogP contribution in [-0.2, 0) is 4.84 Å². The minimum absolute atomic E-state index is 0.509. The Hall–Kier alpha value is -2.53. The minimum Gasteiger partial charge on any atom is -0.266 e. The fourth-order valence-corrected chi connectivity index (χ4v) is 2.35. The van der Waals surface area contributed by atoms with Crippen molar-refractivity contribution in [1.29, 1.82) is 0 Å². The third-order valence-electron chi connectivity index (χ3n) is 3.35. The molecule has 0 radical (unpaired) electrons. The van der Waals surface area contributed by atoms with Gasteiger partial charge in [-0.25, -0.2) is 9.97 Å². The van der Waals surface area contributed by atoms with Crippen LogP contribution in [-0.4, -0.2) is 21.6 Å². The van der Waals surface area contributed by atoms with E-state index in [4.69, 9.17) is 4.84 Å². The van der Waals surface area contributed by atoms with E-state index >= 15 is 0 Å². The smallest absolute Gasteiger partial charge is 0.255 e. The summed E-state index contributed by atoms with van der Waals surface area (Å²) in [6, 6.07) is 9.97. The number of rotatable bonds is 4. The van der Waals surface area contributed by atoms with E-state index in [2.05, 4.69) is 40.9 Å². The summed E-state index contributed by atoms with van der Waals surface area (Å²) in [5.41, 5.74) is 4.82. The molecule has 0 bridgehead atoms. The fourth-order valence-electron chi connectivity index (χ4n) is 2.35. The maximum Gasteiger partial charge on any atom is 0.255 e. The van der Waals surface area contributed by atoms with Gasteiger partial charge in [0.1, 0.15) is 5.52 Å². The predicted octanol–water partition coefficient (Wildman–Crippen LogP) is 3.73. The lowest BCUT2D eigenvalue weighted by Crippen LogP contribution is -2.21. The zero-order chi connectivity index (χ0) is 15.5. The summed E-state index contributed by atoms with van der Waals surface area (Å²) in [4.78, 5) is 19.0. The second kappa shape index (κ2) is 6.07. The van der Waals surface area contributed by atoms with Crippen LogP contribution in [0.25, 0.3) is 11.0 Å². The molecule has 0 N–H and O–H groups in total. The van der Waals surface area contributed by atoms with Crippen LogP contribution in [0.5, 0.6) is 0 Å². The predicted molar refractivity (Wildman–Crippen MR) is 87.0 cm³/mol. The molecule has 0 unspecified atom stereocenters. The summed E-state index contributed by atoms with van der Waals surface area (Å²) in [5.74, 6) is 0.509. The van der Waals surface area contributed by atoms with Crippen molar-refractivity contribution in [2.75, 3.05) is 11.7 Å². The molecule has 112 valence electrons. The number of fused-ring (bicyclic) bond motifs is 1. The van der Waals surface area contributed by atoms with Gasteiger partial charge in [-0.3, -0.25) is 9.82 Å². The first-order valence-corrected chi connectivity index (χ1v) is 7.27. The van der Waals surface area contributed by atoms with E-state index in [1.807, 2.05) is 25.1 Å². The van der Waals surface area contributed by atoms with Crippen LogP contribution < -0.4 is 5.06 Å². The molecule has 0 aliphatic carbocycles. The zero-order valence-electron chi connectivity index (χ0n) is 12.9. The van der Waals surface area contributed by atoms with Crippen LogP contribution in [0.4, 0.5) is 11.6 Å². The quantitative estimate of drug-likeness (QED) is 0.686. The van der Waals surface area contributed by atoms with Crippen LogP contribution in [0, 0.1) is 13.8 Å². The standard InChI is InChI=1S/C17H18N4O/c1-4-22-21(16-8-7-12(2)10-13(16)3)17-19-11-15-14(20-17)6-5-9-18-15/h5-11H,4H2,1-3H3. The third kappa shape index (κ3) is 2.76. The first-order chi connectivity index (χ1) is 10.7. The lowest BCUT2D eigenvalue weighted by Gasteiger charge is -2.23. The molecule has 0 aliphatic heterocycles. The van der Waals surface area contributed by atoms with E-state index in [9.17, 15) is 0 Å².